The number of rotatable bonds is 8. The Morgan fingerprint density at radius 2 is 1.95 bits per heavy atom. The summed E-state index contributed by atoms with van der Waals surface area (Å²) >= 11 is 0. The summed E-state index contributed by atoms with van der Waals surface area (Å²) in [6.07, 6.45) is 0.924. The molecule has 0 saturated heterocycles. The van der Waals surface area contributed by atoms with E-state index in [0.717, 1.165) is 13.0 Å². The van der Waals surface area contributed by atoms with Crippen molar-refractivity contribution in [2.45, 2.75) is 6.42 Å². The van der Waals surface area contributed by atoms with Gasteiger partial charge < -0.3 is 19.7 Å². The highest BCUT2D eigenvalue weighted by molar-refractivity contribution is 5.77. The predicted molar refractivity (Wildman–Crippen MR) is 74.7 cm³/mol. The zero-order valence-corrected chi connectivity index (χ0v) is 11.8. The van der Waals surface area contributed by atoms with Crippen LogP contribution in [0, 0.1) is 0 Å². The second kappa shape index (κ2) is 8.37. The van der Waals surface area contributed by atoms with Crippen LogP contribution in [0.2, 0.25) is 0 Å². The third-order valence-corrected chi connectivity index (χ3v) is 2.53. The highest BCUT2D eigenvalue weighted by Gasteiger charge is 2.06. The molecule has 19 heavy (non-hydrogen) atoms. The number of amides is 1. The lowest BCUT2D eigenvalue weighted by Gasteiger charge is -2.11. The van der Waals surface area contributed by atoms with Gasteiger partial charge in [0.2, 0.25) is 0 Å². The fourth-order valence-corrected chi connectivity index (χ4v) is 1.56. The molecule has 0 atom stereocenters. The molecular weight excluding hydrogens is 244 g/mol. The second-order valence-corrected chi connectivity index (χ2v) is 4.45. The number of nitrogens with zero attached hydrogens (tertiary/aromatic N) is 1. The molecule has 0 unspecified atom stereocenters. The molecule has 1 aromatic rings. The molecule has 0 aromatic heterocycles. The number of methoxy groups -OCH3 is 1. The van der Waals surface area contributed by atoms with E-state index in [1.165, 1.54) is 0 Å². The maximum absolute atomic E-state index is 11.6. The molecule has 0 spiro atoms. The number of carbonyl (C=O) groups excluding carboxylic acids is 1. The summed E-state index contributed by atoms with van der Waals surface area (Å²) in [7, 11) is 5.59. The van der Waals surface area contributed by atoms with E-state index >= 15 is 0 Å². The van der Waals surface area contributed by atoms with Crippen LogP contribution in [0.25, 0.3) is 0 Å². The molecule has 0 saturated carbocycles. The first kappa shape index (κ1) is 15.3. The van der Waals surface area contributed by atoms with E-state index < -0.39 is 0 Å². The van der Waals surface area contributed by atoms with E-state index in [0.29, 0.717) is 18.0 Å². The van der Waals surface area contributed by atoms with E-state index in [4.69, 9.17) is 9.47 Å². The zero-order valence-electron chi connectivity index (χ0n) is 11.8. The summed E-state index contributed by atoms with van der Waals surface area (Å²) in [5, 5.41) is 2.81. The van der Waals surface area contributed by atoms with Gasteiger partial charge in [0.25, 0.3) is 5.91 Å². The number of benzene rings is 1. The molecule has 0 aliphatic carbocycles. The summed E-state index contributed by atoms with van der Waals surface area (Å²) in [6, 6.07) is 7.27. The minimum absolute atomic E-state index is 0.00232. The van der Waals surface area contributed by atoms with Crippen molar-refractivity contribution < 1.29 is 14.3 Å². The lowest BCUT2D eigenvalue weighted by atomic mass is 10.3. The lowest BCUT2D eigenvalue weighted by molar-refractivity contribution is -0.123. The standard InChI is InChI=1S/C14H22N2O3/c1-16(2)10-6-9-15-14(17)11-19-13-8-5-4-7-12(13)18-3/h4-5,7-8H,6,9-11H2,1-3H3,(H,15,17). The van der Waals surface area contributed by atoms with E-state index in [-0.39, 0.29) is 12.5 Å². The van der Waals surface area contributed by atoms with Crippen LogP contribution in [0.5, 0.6) is 11.5 Å². The van der Waals surface area contributed by atoms with Crippen LogP contribution in [-0.2, 0) is 4.79 Å². The smallest absolute Gasteiger partial charge is 0.257 e. The molecule has 5 heteroatoms. The van der Waals surface area contributed by atoms with Crippen molar-refractivity contribution in [1.29, 1.82) is 0 Å². The third kappa shape index (κ3) is 6.10. The molecule has 106 valence electrons. The first-order valence-corrected chi connectivity index (χ1v) is 6.30. The normalized spacial score (nSPS) is 10.3. The molecular formula is C14H22N2O3. The van der Waals surface area contributed by atoms with Gasteiger partial charge in [0, 0.05) is 6.54 Å². The van der Waals surface area contributed by atoms with Gasteiger partial charge in [-0.25, -0.2) is 0 Å². The van der Waals surface area contributed by atoms with Crippen molar-refractivity contribution in [2.24, 2.45) is 0 Å². The number of carbonyl (C=O) groups is 1. The molecule has 5 nitrogen and oxygen atoms in total. The molecule has 0 aliphatic heterocycles. The summed E-state index contributed by atoms with van der Waals surface area (Å²) in [5.41, 5.74) is 0. The second-order valence-electron chi connectivity index (χ2n) is 4.45. The van der Waals surface area contributed by atoms with Crippen LogP contribution in [0.1, 0.15) is 6.42 Å². The number of ether oxygens (including phenoxy) is 2. The van der Waals surface area contributed by atoms with Crippen molar-refractivity contribution >= 4 is 5.91 Å². The predicted octanol–water partition coefficient (Wildman–Crippen LogP) is 1.14. The van der Waals surface area contributed by atoms with E-state index in [1.54, 1.807) is 19.2 Å². The van der Waals surface area contributed by atoms with Crippen molar-refractivity contribution in [3.8, 4) is 11.5 Å². The monoisotopic (exact) mass is 266 g/mol. The molecule has 0 fully saturated rings. The molecule has 0 heterocycles. The highest BCUT2D eigenvalue weighted by atomic mass is 16.5. The molecule has 1 rings (SSSR count). The number of hydrogen-bond acceptors (Lipinski definition) is 4. The fraction of sp³-hybridized carbons (Fsp3) is 0.500. The number of para-hydroxylation sites is 2. The van der Waals surface area contributed by atoms with Crippen molar-refractivity contribution in [3.05, 3.63) is 24.3 Å². The lowest BCUT2D eigenvalue weighted by Crippen LogP contribution is -2.31. The van der Waals surface area contributed by atoms with Crippen LogP contribution in [0.15, 0.2) is 24.3 Å². The topological polar surface area (TPSA) is 50.8 Å². The largest absolute Gasteiger partial charge is 0.493 e. The first-order chi connectivity index (χ1) is 9.13. The Bertz CT molecular complexity index is 394. The molecule has 1 N–H and O–H groups in total. The van der Waals surface area contributed by atoms with Gasteiger partial charge in [-0.1, -0.05) is 12.1 Å². The van der Waals surface area contributed by atoms with E-state index in [9.17, 15) is 4.79 Å². The molecule has 1 aromatic carbocycles. The summed E-state index contributed by atoms with van der Waals surface area (Å²) < 4.78 is 10.6. The summed E-state index contributed by atoms with van der Waals surface area (Å²) in [5.74, 6) is 1.08. The van der Waals surface area contributed by atoms with Gasteiger partial charge in [0.15, 0.2) is 18.1 Å². The Kier molecular flexibility index (Phi) is 6.74. The Balaban J connectivity index is 2.26. The van der Waals surface area contributed by atoms with Crippen molar-refractivity contribution in [2.75, 3.05) is 40.9 Å². The maximum Gasteiger partial charge on any atom is 0.257 e. The Labute approximate surface area is 114 Å². The molecule has 1 amide bonds. The van der Waals surface area contributed by atoms with Gasteiger partial charge in [-0.2, -0.15) is 0 Å². The Hall–Kier alpha value is -1.75. The van der Waals surface area contributed by atoms with E-state index in [2.05, 4.69) is 10.2 Å². The average molecular weight is 266 g/mol. The fourth-order valence-electron chi connectivity index (χ4n) is 1.56. The van der Waals surface area contributed by atoms with Crippen LogP contribution in [-0.4, -0.2) is 51.7 Å². The van der Waals surface area contributed by atoms with E-state index in [1.807, 2.05) is 26.2 Å². The van der Waals surface area contributed by atoms with Gasteiger partial charge in [-0.3, -0.25) is 4.79 Å². The Morgan fingerprint density at radius 1 is 1.26 bits per heavy atom. The number of hydrogen-bond donors (Lipinski definition) is 1. The summed E-state index contributed by atoms with van der Waals surface area (Å²) in [6.45, 7) is 1.61. The maximum atomic E-state index is 11.6. The number of nitrogens with one attached hydrogen (secondary N) is 1. The van der Waals surface area contributed by atoms with Gasteiger partial charge in [-0.05, 0) is 39.2 Å². The minimum Gasteiger partial charge on any atom is -0.493 e. The first-order valence-electron chi connectivity index (χ1n) is 6.30. The van der Waals surface area contributed by atoms with Crippen molar-refractivity contribution in [1.82, 2.24) is 10.2 Å². The minimum atomic E-state index is -0.121. The summed E-state index contributed by atoms with van der Waals surface area (Å²) in [4.78, 5) is 13.7. The average Bonchev–Trinajstić information content (AvgIpc) is 2.41. The van der Waals surface area contributed by atoms with Gasteiger partial charge >= 0.3 is 0 Å². The van der Waals surface area contributed by atoms with Crippen LogP contribution < -0.4 is 14.8 Å². The van der Waals surface area contributed by atoms with Crippen LogP contribution >= 0.6 is 0 Å². The van der Waals surface area contributed by atoms with Crippen LogP contribution in [0.4, 0.5) is 0 Å². The van der Waals surface area contributed by atoms with Crippen molar-refractivity contribution in [3.63, 3.8) is 0 Å². The third-order valence-electron chi connectivity index (χ3n) is 2.53. The SMILES string of the molecule is COc1ccccc1OCC(=O)NCCCN(C)C. The van der Waals surface area contributed by atoms with Crippen LogP contribution in [0.3, 0.4) is 0 Å². The molecule has 0 aliphatic rings. The van der Waals surface area contributed by atoms with Gasteiger partial charge in [-0.15, -0.1) is 0 Å². The quantitative estimate of drug-likeness (QED) is 0.717. The molecule has 0 bridgehead atoms. The van der Waals surface area contributed by atoms with Gasteiger partial charge in [0.1, 0.15) is 0 Å². The van der Waals surface area contributed by atoms with Gasteiger partial charge in [0.05, 0.1) is 7.11 Å². The Morgan fingerprint density at radius 3 is 2.58 bits per heavy atom. The molecule has 0 radical (unpaired) electrons. The zero-order chi connectivity index (χ0) is 14.1. The highest BCUT2D eigenvalue weighted by Crippen LogP contribution is 2.25.